The van der Waals surface area contributed by atoms with Crippen LogP contribution < -0.4 is 9.47 Å². The molecule has 2 atom stereocenters. The van der Waals surface area contributed by atoms with Gasteiger partial charge in [-0.25, -0.2) is 0 Å². The molecular formula is C16H12O3S. The van der Waals surface area contributed by atoms with Crippen LogP contribution in [0.1, 0.15) is 22.3 Å². The average Bonchev–Trinajstić information content (AvgIpc) is 2.86. The lowest BCUT2D eigenvalue weighted by Crippen LogP contribution is -2.26. The monoisotopic (exact) mass is 284 g/mol. The van der Waals surface area contributed by atoms with E-state index in [0.29, 0.717) is 11.5 Å². The Morgan fingerprint density at radius 3 is 2.85 bits per heavy atom. The Hall–Kier alpha value is -1.94. The van der Waals surface area contributed by atoms with Gasteiger partial charge in [0.2, 0.25) is 0 Å². The minimum Gasteiger partial charge on any atom is -0.497 e. The van der Waals surface area contributed by atoms with Crippen molar-refractivity contribution < 1.29 is 14.3 Å². The fraction of sp³-hybridized carbons (Fsp3) is 0.188. The second-order valence-corrected chi connectivity index (χ2v) is 6.06. The highest BCUT2D eigenvalue weighted by Gasteiger charge is 2.45. The highest BCUT2D eigenvalue weighted by atomic mass is 32.2. The van der Waals surface area contributed by atoms with Crippen molar-refractivity contribution in [2.75, 3.05) is 7.11 Å². The molecule has 0 saturated carbocycles. The molecule has 0 saturated heterocycles. The van der Waals surface area contributed by atoms with Crippen molar-refractivity contribution in [2.45, 2.75) is 16.1 Å². The molecule has 0 unspecified atom stereocenters. The molecule has 2 heterocycles. The third-order valence-corrected chi connectivity index (χ3v) is 5.21. The van der Waals surface area contributed by atoms with Gasteiger partial charge >= 0.3 is 5.97 Å². The Morgan fingerprint density at radius 1 is 1.15 bits per heavy atom. The molecule has 0 amide bonds. The van der Waals surface area contributed by atoms with Crippen molar-refractivity contribution >= 4 is 17.7 Å². The number of esters is 1. The maximum absolute atomic E-state index is 12.3. The van der Waals surface area contributed by atoms with Gasteiger partial charge in [-0.2, -0.15) is 0 Å². The second kappa shape index (κ2) is 4.28. The molecule has 100 valence electrons. The van der Waals surface area contributed by atoms with Crippen molar-refractivity contribution in [1.82, 2.24) is 0 Å². The van der Waals surface area contributed by atoms with Crippen LogP contribution in [0.25, 0.3) is 0 Å². The summed E-state index contributed by atoms with van der Waals surface area (Å²) in [4.78, 5) is 13.5. The van der Waals surface area contributed by atoms with Gasteiger partial charge in [-0.05, 0) is 17.7 Å². The Morgan fingerprint density at radius 2 is 2.00 bits per heavy atom. The Bertz CT molecular complexity index is 711. The summed E-state index contributed by atoms with van der Waals surface area (Å²) < 4.78 is 10.7. The van der Waals surface area contributed by atoms with Crippen LogP contribution in [0.5, 0.6) is 11.5 Å². The largest absolute Gasteiger partial charge is 0.497 e. The summed E-state index contributed by atoms with van der Waals surface area (Å²) in [7, 11) is 1.61. The summed E-state index contributed by atoms with van der Waals surface area (Å²) in [5, 5.41) is 0.106. The Kier molecular flexibility index (Phi) is 2.54. The topological polar surface area (TPSA) is 35.5 Å². The van der Waals surface area contributed by atoms with E-state index in [1.165, 1.54) is 4.90 Å². The van der Waals surface area contributed by atoms with Gasteiger partial charge in [0.05, 0.1) is 18.3 Å². The molecule has 0 spiro atoms. The smallest absolute Gasteiger partial charge is 0.320 e. The van der Waals surface area contributed by atoms with Crippen molar-refractivity contribution in [2.24, 2.45) is 0 Å². The zero-order valence-electron chi connectivity index (χ0n) is 10.8. The van der Waals surface area contributed by atoms with Crippen LogP contribution in [0.2, 0.25) is 0 Å². The molecule has 2 aliphatic rings. The lowest BCUT2D eigenvalue weighted by Gasteiger charge is -2.26. The Balaban J connectivity index is 1.85. The van der Waals surface area contributed by atoms with Crippen LogP contribution >= 0.6 is 11.8 Å². The molecule has 2 aromatic rings. The minimum absolute atomic E-state index is 0.106. The van der Waals surface area contributed by atoms with E-state index in [9.17, 15) is 4.79 Å². The molecule has 3 nitrogen and oxygen atoms in total. The van der Waals surface area contributed by atoms with Crippen LogP contribution in [0, 0.1) is 0 Å². The van der Waals surface area contributed by atoms with E-state index in [0.717, 1.165) is 11.1 Å². The van der Waals surface area contributed by atoms with Crippen LogP contribution in [0.15, 0.2) is 47.4 Å². The molecule has 4 heteroatoms. The number of rotatable bonds is 1. The molecule has 0 N–H and O–H groups in total. The summed E-state index contributed by atoms with van der Waals surface area (Å²) >= 11 is 1.74. The van der Waals surface area contributed by atoms with Crippen molar-refractivity contribution in [3.05, 3.63) is 53.6 Å². The summed E-state index contributed by atoms with van der Waals surface area (Å²) in [6, 6.07) is 13.8. The molecular weight excluding hydrogens is 272 g/mol. The maximum Gasteiger partial charge on any atom is 0.320 e. The first-order valence-corrected chi connectivity index (χ1v) is 7.31. The molecule has 2 aromatic carbocycles. The lowest BCUT2D eigenvalue weighted by molar-refractivity contribution is -0.137. The summed E-state index contributed by atoms with van der Waals surface area (Å²) in [6.07, 6.45) is 0. The van der Waals surface area contributed by atoms with E-state index in [-0.39, 0.29) is 17.1 Å². The number of fused-ring (bicyclic) bond motifs is 5. The third-order valence-electron chi connectivity index (χ3n) is 3.80. The van der Waals surface area contributed by atoms with Gasteiger partial charge in [0.1, 0.15) is 11.5 Å². The second-order valence-electron chi connectivity index (χ2n) is 4.88. The van der Waals surface area contributed by atoms with Gasteiger partial charge < -0.3 is 9.47 Å². The van der Waals surface area contributed by atoms with E-state index in [2.05, 4.69) is 6.07 Å². The molecule has 0 fully saturated rings. The van der Waals surface area contributed by atoms with E-state index in [1.807, 2.05) is 30.3 Å². The van der Waals surface area contributed by atoms with Crippen molar-refractivity contribution in [3.63, 3.8) is 0 Å². The minimum atomic E-state index is -0.197. The zero-order valence-corrected chi connectivity index (χ0v) is 11.6. The number of methoxy groups -OCH3 is 1. The highest BCUT2D eigenvalue weighted by Crippen LogP contribution is 2.58. The maximum atomic E-state index is 12.3. The van der Waals surface area contributed by atoms with E-state index < -0.39 is 0 Å². The first kappa shape index (κ1) is 11.9. The van der Waals surface area contributed by atoms with Crippen molar-refractivity contribution in [1.29, 1.82) is 0 Å². The molecule has 0 aliphatic carbocycles. The summed E-state index contributed by atoms with van der Waals surface area (Å²) in [5.41, 5.74) is 2.14. The van der Waals surface area contributed by atoms with E-state index in [4.69, 9.17) is 9.47 Å². The number of carbonyl (C=O) groups excluding carboxylic acids is 1. The number of hydrogen-bond acceptors (Lipinski definition) is 4. The summed E-state index contributed by atoms with van der Waals surface area (Å²) in [5.74, 6) is 0.955. The van der Waals surface area contributed by atoms with E-state index in [1.54, 1.807) is 24.9 Å². The molecule has 4 rings (SSSR count). The van der Waals surface area contributed by atoms with Gasteiger partial charge in [0, 0.05) is 16.5 Å². The van der Waals surface area contributed by atoms with Crippen LogP contribution in [0.3, 0.4) is 0 Å². The fourth-order valence-corrected chi connectivity index (χ4v) is 4.32. The molecule has 20 heavy (non-hydrogen) atoms. The number of hydrogen-bond donors (Lipinski definition) is 0. The molecule has 0 bridgehead atoms. The SMILES string of the molecule is COc1ccc2c(c1)OC(=O)[C@@H]1c3ccccc3S[C@H]21. The quantitative estimate of drug-likeness (QED) is 0.592. The third kappa shape index (κ3) is 1.58. The molecule has 0 aromatic heterocycles. The van der Waals surface area contributed by atoms with E-state index >= 15 is 0 Å². The van der Waals surface area contributed by atoms with Gasteiger partial charge in [0.25, 0.3) is 0 Å². The zero-order chi connectivity index (χ0) is 13.7. The number of ether oxygens (including phenoxy) is 2. The number of benzene rings is 2. The Labute approximate surface area is 120 Å². The van der Waals surface area contributed by atoms with Crippen LogP contribution in [-0.2, 0) is 4.79 Å². The van der Waals surface area contributed by atoms with Gasteiger partial charge in [0.15, 0.2) is 0 Å². The van der Waals surface area contributed by atoms with Gasteiger partial charge in [-0.3, -0.25) is 4.79 Å². The average molecular weight is 284 g/mol. The van der Waals surface area contributed by atoms with Crippen LogP contribution in [-0.4, -0.2) is 13.1 Å². The molecule has 2 aliphatic heterocycles. The van der Waals surface area contributed by atoms with Gasteiger partial charge in [-0.15, -0.1) is 11.8 Å². The van der Waals surface area contributed by atoms with Gasteiger partial charge in [-0.1, -0.05) is 24.3 Å². The standard InChI is InChI=1S/C16H12O3S/c1-18-9-6-7-10-12(8-9)19-16(17)14-11-4-2-3-5-13(11)20-15(10)14/h2-8,14-15H,1H3/t14-,15-/m1/s1. The highest BCUT2D eigenvalue weighted by molar-refractivity contribution is 8.00. The first-order valence-electron chi connectivity index (χ1n) is 6.43. The molecule has 0 radical (unpaired) electrons. The predicted octanol–water partition coefficient (Wildman–Crippen LogP) is 3.54. The number of carbonyl (C=O) groups is 1. The predicted molar refractivity (Wildman–Crippen MR) is 76.4 cm³/mol. The lowest BCUT2D eigenvalue weighted by atomic mass is 9.89. The first-order chi connectivity index (χ1) is 9.78. The fourth-order valence-electron chi connectivity index (χ4n) is 2.84. The normalized spacial score (nSPS) is 22.6. The summed E-state index contributed by atoms with van der Waals surface area (Å²) in [6.45, 7) is 0. The number of thioether (sulfide) groups is 1. The van der Waals surface area contributed by atoms with Crippen LogP contribution in [0.4, 0.5) is 0 Å². The van der Waals surface area contributed by atoms with Crippen molar-refractivity contribution in [3.8, 4) is 11.5 Å².